The molecule has 33 heavy (non-hydrogen) atoms. The van der Waals surface area contributed by atoms with Gasteiger partial charge in [-0.15, -0.1) is 0 Å². The molecule has 0 unspecified atom stereocenters. The van der Waals surface area contributed by atoms with Crippen LogP contribution in [0.4, 0.5) is 5.69 Å². The van der Waals surface area contributed by atoms with Crippen LogP contribution in [0.2, 0.25) is 5.02 Å². The van der Waals surface area contributed by atoms with Crippen LogP contribution in [0.3, 0.4) is 0 Å². The van der Waals surface area contributed by atoms with Gasteiger partial charge in [-0.25, -0.2) is 0 Å². The Kier molecular flexibility index (Phi) is 8.29. The van der Waals surface area contributed by atoms with Crippen LogP contribution in [0.25, 0.3) is 0 Å². The number of ether oxygens (including phenoxy) is 2. The van der Waals surface area contributed by atoms with Crippen molar-refractivity contribution in [2.75, 3.05) is 44.8 Å². The number of likely N-dealkylation sites (tertiary alicyclic amines) is 1. The Balaban J connectivity index is 1.32. The third kappa shape index (κ3) is 6.08. The molecule has 2 saturated heterocycles. The minimum absolute atomic E-state index is 0.0386. The topological polar surface area (TPSA) is 50.8 Å². The lowest BCUT2D eigenvalue weighted by molar-refractivity contribution is -0.125. The van der Waals surface area contributed by atoms with Crippen molar-refractivity contribution in [3.63, 3.8) is 0 Å². The molecule has 2 aromatic carbocycles. The van der Waals surface area contributed by atoms with E-state index in [-0.39, 0.29) is 5.91 Å². The summed E-state index contributed by atoms with van der Waals surface area (Å²) in [5, 5.41) is 3.73. The number of hydrogen-bond donors (Lipinski definition) is 1. The van der Waals surface area contributed by atoms with E-state index < -0.39 is 5.41 Å². The van der Waals surface area contributed by atoms with Gasteiger partial charge in [0.25, 0.3) is 0 Å². The Bertz CT molecular complexity index is 912. The molecule has 1 amide bonds. The SMILES string of the molecule is C[C@@H]1CCCN(CCCOc2ccc(NC(=O)C3(c4ccccc4Cl)CCOCC3)cc2)C1. The maximum atomic E-state index is 13.5. The normalized spacial score (nSPS) is 20.8. The molecule has 1 atom stereocenters. The van der Waals surface area contributed by atoms with Crippen molar-refractivity contribution >= 4 is 23.2 Å². The maximum Gasteiger partial charge on any atom is 0.235 e. The van der Waals surface area contributed by atoms with Gasteiger partial charge in [-0.05, 0) is 80.5 Å². The number of halogens is 1. The van der Waals surface area contributed by atoms with Crippen LogP contribution in [0.15, 0.2) is 48.5 Å². The lowest BCUT2D eigenvalue weighted by Gasteiger charge is -2.36. The maximum absolute atomic E-state index is 13.5. The smallest absolute Gasteiger partial charge is 0.235 e. The number of nitrogens with zero attached hydrogens (tertiary/aromatic N) is 1. The molecular formula is C27H35ClN2O3. The Hall–Kier alpha value is -2.08. The van der Waals surface area contributed by atoms with Crippen LogP contribution in [-0.4, -0.2) is 50.3 Å². The minimum atomic E-state index is -0.683. The van der Waals surface area contributed by atoms with E-state index in [9.17, 15) is 4.79 Å². The van der Waals surface area contributed by atoms with E-state index in [1.165, 1.54) is 25.9 Å². The van der Waals surface area contributed by atoms with Crippen molar-refractivity contribution in [2.45, 2.75) is 44.4 Å². The van der Waals surface area contributed by atoms with E-state index >= 15 is 0 Å². The van der Waals surface area contributed by atoms with Crippen molar-refractivity contribution in [2.24, 2.45) is 5.92 Å². The number of carbonyl (C=O) groups excluding carboxylic acids is 1. The van der Waals surface area contributed by atoms with E-state index in [1.54, 1.807) is 0 Å². The second kappa shape index (κ2) is 11.4. The van der Waals surface area contributed by atoms with Crippen molar-refractivity contribution < 1.29 is 14.3 Å². The Morgan fingerprint density at radius 2 is 1.94 bits per heavy atom. The van der Waals surface area contributed by atoms with E-state index in [1.807, 2.05) is 48.5 Å². The standard InChI is InChI=1S/C27H35ClN2O3/c1-21-6-4-15-30(20-21)16-5-17-33-23-11-9-22(10-12-23)29-26(31)27(13-18-32-19-14-27)24-7-2-3-8-25(24)28/h2-3,7-12,21H,4-6,13-20H2,1H3,(H,29,31)/t21-/m1/s1. The molecule has 0 saturated carbocycles. The molecule has 2 aliphatic heterocycles. The highest BCUT2D eigenvalue weighted by atomic mass is 35.5. The third-order valence-electron chi connectivity index (χ3n) is 6.91. The molecule has 2 fully saturated rings. The van der Waals surface area contributed by atoms with E-state index in [4.69, 9.17) is 21.1 Å². The number of benzene rings is 2. The van der Waals surface area contributed by atoms with Gasteiger partial charge in [-0.3, -0.25) is 4.79 Å². The quantitative estimate of drug-likeness (QED) is 0.515. The predicted octanol–water partition coefficient (Wildman–Crippen LogP) is 5.53. The molecule has 0 radical (unpaired) electrons. The van der Waals surface area contributed by atoms with Crippen molar-refractivity contribution in [1.29, 1.82) is 0 Å². The molecule has 1 N–H and O–H groups in total. The van der Waals surface area contributed by atoms with Crippen molar-refractivity contribution in [3.05, 3.63) is 59.1 Å². The molecule has 0 aromatic heterocycles. The average molecular weight is 471 g/mol. The predicted molar refractivity (Wildman–Crippen MR) is 133 cm³/mol. The molecule has 0 bridgehead atoms. The zero-order chi connectivity index (χ0) is 23.1. The Morgan fingerprint density at radius 1 is 1.18 bits per heavy atom. The first-order valence-corrected chi connectivity index (χ1v) is 12.5. The Morgan fingerprint density at radius 3 is 2.67 bits per heavy atom. The zero-order valence-electron chi connectivity index (χ0n) is 19.5. The van der Waals surface area contributed by atoms with Crippen molar-refractivity contribution in [3.8, 4) is 5.75 Å². The largest absolute Gasteiger partial charge is 0.494 e. The fourth-order valence-corrected chi connectivity index (χ4v) is 5.36. The summed E-state index contributed by atoms with van der Waals surface area (Å²) < 4.78 is 11.5. The van der Waals surface area contributed by atoms with Crippen LogP contribution in [0.1, 0.15) is 44.6 Å². The van der Waals surface area contributed by atoms with Gasteiger partial charge in [-0.1, -0.05) is 36.7 Å². The number of piperidine rings is 1. The summed E-state index contributed by atoms with van der Waals surface area (Å²) in [6.45, 7) is 7.63. The van der Waals surface area contributed by atoms with Crippen LogP contribution >= 0.6 is 11.6 Å². The summed E-state index contributed by atoms with van der Waals surface area (Å²) in [4.78, 5) is 16.0. The molecule has 2 aromatic rings. The van der Waals surface area contributed by atoms with Gasteiger partial charge in [0, 0.05) is 37.0 Å². The first kappa shape index (κ1) is 24.1. The zero-order valence-corrected chi connectivity index (χ0v) is 20.3. The number of anilines is 1. The molecule has 5 nitrogen and oxygen atoms in total. The van der Waals surface area contributed by atoms with Crippen LogP contribution in [0, 0.1) is 5.92 Å². The van der Waals surface area contributed by atoms with E-state index in [0.717, 1.165) is 35.9 Å². The highest BCUT2D eigenvalue weighted by Crippen LogP contribution is 2.39. The lowest BCUT2D eigenvalue weighted by Crippen LogP contribution is -2.45. The minimum Gasteiger partial charge on any atom is -0.494 e. The second-order valence-electron chi connectivity index (χ2n) is 9.40. The lowest BCUT2D eigenvalue weighted by atomic mass is 9.73. The van der Waals surface area contributed by atoms with Gasteiger partial charge in [-0.2, -0.15) is 0 Å². The summed E-state index contributed by atoms with van der Waals surface area (Å²) in [7, 11) is 0. The summed E-state index contributed by atoms with van der Waals surface area (Å²) in [5.74, 6) is 1.59. The number of carbonyl (C=O) groups is 1. The summed E-state index contributed by atoms with van der Waals surface area (Å²) in [6, 6.07) is 15.3. The fourth-order valence-electron chi connectivity index (χ4n) is 5.04. The summed E-state index contributed by atoms with van der Waals surface area (Å²) in [5.41, 5.74) is 0.945. The van der Waals surface area contributed by atoms with Gasteiger partial charge in [0.2, 0.25) is 5.91 Å². The monoisotopic (exact) mass is 470 g/mol. The molecule has 0 spiro atoms. The van der Waals surface area contributed by atoms with Crippen LogP contribution in [0.5, 0.6) is 5.75 Å². The number of hydrogen-bond acceptors (Lipinski definition) is 4. The summed E-state index contributed by atoms with van der Waals surface area (Å²) >= 11 is 6.49. The Labute approximate surface area is 202 Å². The first-order chi connectivity index (χ1) is 16.1. The third-order valence-corrected chi connectivity index (χ3v) is 7.24. The van der Waals surface area contributed by atoms with Gasteiger partial charge in [0.1, 0.15) is 5.75 Å². The van der Waals surface area contributed by atoms with Gasteiger partial charge in [0.05, 0.1) is 12.0 Å². The van der Waals surface area contributed by atoms with Gasteiger partial charge in [0.15, 0.2) is 0 Å². The highest BCUT2D eigenvalue weighted by Gasteiger charge is 2.43. The van der Waals surface area contributed by atoms with Crippen molar-refractivity contribution in [1.82, 2.24) is 4.90 Å². The second-order valence-corrected chi connectivity index (χ2v) is 9.81. The van der Waals surface area contributed by atoms with E-state index in [2.05, 4.69) is 17.1 Å². The highest BCUT2D eigenvalue weighted by molar-refractivity contribution is 6.31. The average Bonchev–Trinajstić information content (AvgIpc) is 2.83. The van der Waals surface area contributed by atoms with E-state index in [0.29, 0.717) is 37.7 Å². The number of amides is 1. The number of rotatable bonds is 8. The molecule has 2 heterocycles. The number of nitrogens with one attached hydrogen (secondary N) is 1. The molecule has 6 heteroatoms. The fraction of sp³-hybridized carbons (Fsp3) is 0.519. The molecule has 2 aliphatic rings. The molecular weight excluding hydrogens is 436 g/mol. The van der Waals surface area contributed by atoms with Crippen LogP contribution < -0.4 is 10.1 Å². The van der Waals surface area contributed by atoms with Crippen LogP contribution in [-0.2, 0) is 14.9 Å². The summed E-state index contributed by atoms with van der Waals surface area (Å²) in [6.07, 6.45) is 4.90. The van der Waals surface area contributed by atoms with Gasteiger partial charge >= 0.3 is 0 Å². The van der Waals surface area contributed by atoms with Gasteiger partial charge < -0.3 is 19.7 Å². The molecule has 0 aliphatic carbocycles. The molecule has 178 valence electrons. The first-order valence-electron chi connectivity index (χ1n) is 12.2. The molecule has 4 rings (SSSR count).